The van der Waals surface area contributed by atoms with E-state index in [2.05, 4.69) is 4.90 Å². The van der Waals surface area contributed by atoms with Crippen LogP contribution in [0, 0.1) is 5.92 Å². The molecule has 3 unspecified atom stereocenters. The van der Waals surface area contributed by atoms with E-state index in [1.807, 2.05) is 0 Å². The van der Waals surface area contributed by atoms with Crippen molar-refractivity contribution in [1.82, 2.24) is 4.90 Å². The van der Waals surface area contributed by atoms with Crippen LogP contribution >= 0.6 is 0 Å². The number of hydrogen-bond acceptors (Lipinski definition) is 3. The van der Waals surface area contributed by atoms with Gasteiger partial charge in [-0.25, -0.2) is 0 Å². The molecule has 0 radical (unpaired) electrons. The van der Waals surface area contributed by atoms with E-state index in [0.717, 1.165) is 32.5 Å². The van der Waals surface area contributed by atoms with Crippen LogP contribution in [0.25, 0.3) is 0 Å². The molecular formula is C9H16N2O2. The van der Waals surface area contributed by atoms with Crippen LogP contribution in [-0.2, 0) is 4.79 Å². The zero-order chi connectivity index (χ0) is 9.47. The number of carbonyl (C=O) groups excluding carboxylic acids is 1. The zero-order valence-electron chi connectivity index (χ0n) is 7.70. The Morgan fingerprint density at radius 2 is 2.31 bits per heavy atom. The van der Waals surface area contributed by atoms with Crippen LogP contribution in [0.15, 0.2) is 0 Å². The molecule has 2 aliphatic rings. The van der Waals surface area contributed by atoms with E-state index in [1.165, 1.54) is 0 Å². The molecule has 2 aliphatic heterocycles. The number of hydrogen-bond donors (Lipinski definition) is 2. The molecule has 1 amide bonds. The zero-order valence-corrected chi connectivity index (χ0v) is 7.70. The third-order valence-corrected chi connectivity index (χ3v) is 3.42. The van der Waals surface area contributed by atoms with E-state index in [9.17, 15) is 9.90 Å². The van der Waals surface area contributed by atoms with E-state index in [4.69, 9.17) is 5.73 Å². The molecule has 3 atom stereocenters. The molecule has 2 fully saturated rings. The van der Waals surface area contributed by atoms with Gasteiger partial charge in [0.2, 0.25) is 5.91 Å². The normalized spacial score (nSPS) is 44.4. The van der Waals surface area contributed by atoms with Gasteiger partial charge in [0.05, 0.1) is 0 Å². The van der Waals surface area contributed by atoms with Crippen LogP contribution in [0.5, 0.6) is 0 Å². The summed E-state index contributed by atoms with van der Waals surface area (Å²) in [4.78, 5) is 13.4. The third kappa shape index (κ3) is 1.34. The molecule has 0 saturated carbocycles. The molecule has 2 rings (SSSR count). The Labute approximate surface area is 77.7 Å². The fraction of sp³-hybridized carbons (Fsp3) is 0.889. The van der Waals surface area contributed by atoms with Gasteiger partial charge < -0.3 is 15.7 Å². The van der Waals surface area contributed by atoms with Crippen molar-refractivity contribution in [2.45, 2.75) is 24.9 Å². The molecule has 2 bridgehead atoms. The number of carbonyl (C=O) groups is 1. The van der Waals surface area contributed by atoms with Crippen molar-refractivity contribution in [2.75, 3.05) is 19.6 Å². The molecule has 0 aromatic rings. The first-order valence-corrected chi connectivity index (χ1v) is 4.87. The number of rotatable bonds is 1. The number of primary amides is 1. The minimum absolute atomic E-state index is 0.0625. The maximum Gasteiger partial charge on any atom is 0.249 e. The highest BCUT2D eigenvalue weighted by molar-refractivity contribution is 5.83. The van der Waals surface area contributed by atoms with E-state index in [-0.39, 0.29) is 5.92 Å². The quantitative estimate of drug-likeness (QED) is 0.567. The second-order valence-corrected chi connectivity index (χ2v) is 4.18. The summed E-state index contributed by atoms with van der Waals surface area (Å²) in [6.07, 6.45) is 2.50. The number of amides is 1. The van der Waals surface area contributed by atoms with Crippen molar-refractivity contribution in [3.8, 4) is 0 Å². The summed E-state index contributed by atoms with van der Waals surface area (Å²) in [5.74, 6) is -0.480. The van der Waals surface area contributed by atoms with E-state index >= 15 is 0 Å². The summed E-state index contributed by atoms with van der Waals surface area (Å²) in [6, 6.07) is 0. The van der Waals surface area contributed by atoms with Crippen molar-refractivity contribution < 1.29 is 9.90 Å². The standard InChI is InChI=1S/C9H16N2O2/c10-8(12)9(13)3-5-11-4-1-2-7(9)6-11/h7,13H,1-6H2,(H2,10,12). The lowest BCUT2D eigenvalue weighted by Crippen LogP contribution is -2.60. The summed E-state index contributed by atoms with van der Waals surface area (Å²) in [6.45, 7) is 2.74. The Hall–Kier alpha value is -0.610. The summed E-state index contributed by atoms with van der Waals surface area (Å²) >= 11 is 0. The van der Waals surface area contributed by atoms with Crippen molar-refractivity contribution in [3.05, 3.63) is 0 Å². The Balaban J connectivity index is 2.17. The molecule has 4 nitrogen and oxygen atoms in total. The van der Waals surface area contributed by atoms with Crippen LogP contribution in [-0.4, -0.2) is 41.1 Å². The Bertz CT molecular complexity index is 232. The summed E-state index contributed by atoms with van der Waals surface area (Å²) in [7, 11) is 0. The predicted octanol–water partition coefficient (Wildman–Crippen LogP) is -0.682. The van der Waals surface area contributed by atoms with E-state index < -0.39 is 11.5 Å². The van der Waals surface area contributed by atoms with Crippen LogP contribution in [0.4, 0.5) is 0 Å². The highest BCUT2D eigenvalue weighted by Crippen LogP contribution is 2.34. The molecule has 2 heterocycles. The maximum atomic E-state index is 11.1. The van der Waals surface area contributed by atoms with Crippen molar-refractivity contribution in [3.63, 3.8) is 0 Å². The van der Waals surface area contributed by atoms with Gasteiger partial charge in [-0.3, -0.25) is 4.79 Å². The second-order valence-electron chi connectivity index (χ2n) is 4.18. The molecule has 0 aliphatic carbocycles. The largest absolute Gasteiger partial charge is 0.380 e. The highest BCUT2D eigenvalue weighted by Gasteiger charge is 2.47. The maximum absolute atomic E-state index is 11.1. The number of aliphatic hydroxyl groups is 1. The van der Waals surface area contributed by atoms with Crippen LogP contribution < -0.4 is 5.73 Å². The van der Waals surface area contributed by atoms with Gasteiger partial charge in [-0.2, -0.15) is 0 Å². The average Bonchev–Trinajstić information content (AvgIpc) is 2.13. The fourth-order valence-corrected chi connectivity index (χ4v) is 2.51. The number of piperidine rings is 2. The summed E-state index contributed by atoms with van der Waals surface area (Å²) < 4.78 is 0. The van der Waals surface area contributed by atoms with Gasteiger partial charge in [0.1, 0.15) is 5.60 Å². The van der Waals surface area contributed by atoms with Crippen LogP contribution in [0.2, 0.25) is 0 Å². The molecule has 13 heavy (non-hydrogen) atoms. The van der Waals surface area contributed by atoms with E-state index in [1.54, 1.807) is 0 Å². The molecule has 74 valence electrons. The first-order valence-electron chi connectivity index (χ1n) is 4.87. The van der Waals surface area contributed by atoms with Gasteiger partial charge in [-0.05, 0) is 25.8 Å². The lowest BCUT2D eigenvalue weighted by Gasteiger charge is -2.46. The summed E-state index contributed by atoms with van der Waals surface area (Å²) in [5, 5.41) is 10.1. The lowest BCUT2D eigenvalue weighted by atomic mass is 9.75. The molecule has 2 saturated heterocycles. The molecular weight excluding hydrogens is 168 g/mol. The minimum Gasteiger partial charge on any atom is -0.380 e. The lowest BCUT2D eigenvalue weighted by molar-refractivity contribution is -0.153. The molecule has 0 aromatic heterocycles. The van der Waals surface area contributed by atoms with Crippen molar-refractivity contribution >= 4 is 5.91 Å². The molecule has 3 N–H and O–H groups in total. The predicted molar refractivity (Wildman–Crippen MR) is 47.9 cm³/mol. The monoisotopic (exact) mass is 184 g/mol. The highest BCUT2D eigenvalue weighted by atomic mass is 16.3. The topological polar surface area (TPSA) is 66.6 Å². The Kier molecular flexibility index (Phi) is 2.04. The number of nitrogens with zero attached hydrogens (tertiary/aromatic N) is 1. The van der Waals surface area contributed by atoms with E-state index in [0.29, 0.717) is 6.42 Å². The molecule has 0 spiro atoms. The van der Waals surface area contributed by atoms with Gasteiger partial charge in [0.25, 0.3) is 0 Å². The SMILES string of the molecule is NC(=O)C1(O)CCN2CCCC1C2. The summed E-state index contributed by atoms with van der Waals surface area (Å²) in [5.41, 5.74) is 4.00. The van der Waals surface area contributed by atoms with Crippen molar-refractivity contribution in [2.24, 2.45) is 11.7 Å². The average molecular weight is 184 g/mol. The second kappa shape index (κ2) is 2.96. The number of fused-ring (bicyclic) bond motifs is 2. The van der Waals surface area contributed by atoms with Gasteiger partial charge in [-0.15, -0.1) is 0 Å². The van der Waals surface area contributed by atoms with Crippen LogP contribution in [0.1, 0.15) is 19.3 Å². The molecule has 4 heteroatoms. The fourth-order valence-electron chi connectivity index (χ4n) is 2.51. The number of nitrogens with two attached hydrogens (primary N) is 1. The Morgan fingerprint density at radius 3 is 3.00 bits per heavy atom. The smallest absolute Gasteiger partial charge is 0.249 e. The minimum atomic E-state index is -1.23. The first-order chi connectivity index (χ1) is 6.13. The van der Waals surface area contributed by atoms with Crippen molar-refractivity contribution in [1.29, 1.82) is 0 Å². The van der Waals surface area contributed by atoms with Gasteiger partial charge in [0, 0.05) is 19.0 Å². The van der Waals surface area contributed by atoms with Gasteiger partial charge >= 0.3 is 0 Å². The van der Waals surface area contributed by atoms with Gasteiger partial charge in [-0.1, -0.05) is 0 Å². The molecule has 0 aromatic carbocycles. The first kappa shape index (κ1) is 8.97. The Morgan fingerprint density at radius 1 is 1.54 bits per heavy atom. The van der Waals surface area contributed by atoms with Crippen LogP contribution in [0.3, 0.4) is 0 Å². The van der Waals surface area contributed by atoms with Gasteiger partial charge in [0.15, 0.2) is 0 Å². The third-order valence-electron chi connectivity index (χ3n) is 3.42.